The largest absolute Gasteiger partial charge is 0.511 e. The standard InChI is InChI=1S/C20H25NO4/c1-20(2)11-15(21-13-14-7-5-4-6-8-14)19(17(23)12-20)16(22)9-10-18(24)25-3/h4-8,22H,9-13H2,1-3H3. The quantitative estimate of drug-likeness (QED) is 0.501. The van der Waals surface area contributed by atoms with Crippen molar-refractivity contribution in [3.05, 3.63) is 47.2 Å². The number of benzene rings is 1. The molecule has 25 heavy (non-hydrogen) atoms. The number of hydrogen-bond acceptors (Lipinski definition) is 5. The van der Waals surface area contributed by atoms with Crippen LogP contribution in [0.1, 0.15) is 45.1 Å². The van der Waals surface area contributed by atoms with Gasteiger partial charge in [-0.15, -0.1) is 0 Å². The zero-order valence-electron chi connectivity index (χ0n) is 15.0. The molecule has 134 valence electrons. The Morgan fingerprint density at radius 2 is 1.88 bits per heavy atom. The second-order valence-corrected chi connectivity index (χ2v) is 7.09. The summed E-state index contributed by atoms with van der Waals surface area (Å²) in [4.78, 5) is 28.5. The van der Waals surface area contributed by atoms with Crippen LogP contribution in [0.4, 0.5) is 0 Å². The molecule has 0 bridgehead atoms. The van der Waals surface area contributed by atoms with Crippen LogP contribution in [0.3, 0.4) is 0 Å². The summed E-state index contributed by atoms with van der Waals surface area (Å²) < 4.78 is 4.59. The number of methoxy groups -OCH3 is 1. The van der Waals surface area contributed by atoms with Gasteiger partial charge in [-0.05, 0) is 17.4 Å². The van der Waals surface area contributed by atoms with E-state index < -0.39 is 5.97 Å². The van der Waals surface area contributed by atoms with Crippen molar-refractivity contribution in [1.29, 1.82) is 0 Å². The Labute approximate surface area is 148 Å². The molecule has 2 rings (SSSR count). The van der Waals surface area contributed by atoms with Gasteiger partial charge in [-0.3, -0.25) is 14.6 Å². The Hall–Kier alpha value is -2.43. The minimum absolute atomic E-state index is 0.0362. The van der Waals surface area contributed by atoms with Crippen molar-refractivity contribution in [2.24, 2.45) is 10.4 Å². The minimum Gasteiger partial charge on any atom is -0.511 e. The van der Waals surface area contributed by atoms with Crippen LogP contribution >= 0.6 is 0 Å². The summed E-state index contributed by atoms with van der Waals surface area (Å²) in [5, 5.41) is 10.4. The molecule has 1 aliphatic carbocycles. The average Bonchev–Trinajstić information content (AvgIpc) is 2.57. The molecule has 1 aromatic rings. The van der Waals surface area contributed by atoms with Crippen molar-refractivity contribution >= 4 is 17.5 Å². The minimum atomic E-state index is -0.418. The predicted molar refractivity (Wildman–Crippen MR) is 96.5 cm³/mol. The molecule has 5 nitrogen and oxygen atoms in total. The fraction of sp³-hybridized carbons (Fsp3) is 0.450. The maximum atomic E-state index is 12.6. The summed E-state index contributed by atoms with van der Waals surface area (Å²) in [6, 6.07) is 9.76. The number of allylic oxidation sites excluding steroid dienone is 2. The first-order valence-electron chi connectivity index (χ1n) is 8.42. The molecule has 0 aliphatic heterocycles. The van der Waals surface area contributed by atoms with E-state index in [1.165, 1.54) is 7.11 Å². The van der Waals surface area contributed by atoms with Crippen molar-refractivity contribution in [2.75, 3.05) is 7.11 Å². The number of aliphatic hydroxyl groups is 1. The smallest absolute Gasteiger partial charge is 0.305 e. The van der Waals surface area contributed by atoms with Gasteiger partial charge in [0.2, 0.25) is 0 Å². The first kappa shape index (κ1) is 18.9. The number of aliphatic imine (C=N–C) groups is 1. The first-order chi connectivity index (χ1) is 11.8. The molecule has 0 radical (unpaired) electrons. The van der Waals surface area contributed by atoms with E-state index in [-0.39, 0.29) is 35.4 Å². The van der Waals surface area contributed by atoms with Gasteiger partial charge in [0, 0.05) is 18.6 Å². The van der Waals surface area contributed by atoms with Gasteiger partial charge in [0.1, 0.15) is 5.76 Å². The van der Waals surface area contributed by atoms with Crippen LogP contribution in [0.25, 0.3) is 0 Å². The number of nitrogens with zero attached hydrogens (tertiary/aromatic N) is 1. The van der Waals surface area contributed by atoms with E-state index in [0.29, 0.717) is 25.1 Å². The molecule has 1 aliphatic rings. The SMILES string of the molecule is COC(=O)CCC(O)=C1C(=O)CC(C)(C)CC1=NCc1ccccc1. The summed E-state index contributed by atoms with van der Waals surface area (Å²) in [5.41, 5.74) is 1.74. The molecule has 1 aromatic carbocycles. The normalized spacial score (nSPS) is 20.4. The van der Waals surface area contributed by atoms with Crippen LogP contribution in [-0.2, 0) is 20.9 Å². The van der Waals surface area contributed by atoms with Gasteiger partial charge in [0.15, 0.2) is 5.78 Å². The number of rotatable bonds is 5. The lowest BCUT2D eigenvalue weighted by Gasteiger charge is -2.31. The van der Waals surface area contributed by atoms with Gasteiger partial charge < -0.3 is 9.84 Å². The Kier molecular flexibility index (Phi) is 6.12. The van der Waals surface area contributed by atoms with Crippen LogP contribution in [0, 0.1) is 5.41 Å². The van der Waals surface area contributed by atoms with Crippen LogP contribution in [0.2, 0.25) is 0 Å². The van der Waals surface area contributed by atoms with Gasteiger partial charge in [-0.25, -0.2) is 0 Å². The molecule has 1 fully saturated rings. The zero-order chi connectivity index (χ0) is 18.4. The van der Waals surface area contributed by atoms with Gasteiger partial charge in [0.25, 0.3) is 0 Å². The van der Waals surface area contributed by atoms with Crippen LogP contribution in [0.5, 0.6) is 0 Å². The Morgan fingerprint density at radius 3 is 2.52 bits per heavy atom. The molecule has 0 amide bonds. The third-order valence-corrected chi connectivity index (χ3v) is 4.23. The lowest BCUT2D eigenvalue weighted by Crippen LogP contribution is -2.32. The maximum absolute atomic E-state index is 12.6. The van der Waals surface area contributed by atoms with Gasteiger partial charge in [-0.2, -0.15) is 0 Å². The Balaban J connectivity index is 2.29. The van der Waals surface area contributed by atoms with Gasteiger partial charge in [0.05, 0.1) is 25.6 Å². The van der Waals surface area contributed by atoms with E-state index in [1.54, 1.807) is 0 Å². The van der Waals surface area contributed by atoms with Crippen LogP contribution in [-0.4, -0.2) is 29.7 Å². The van der Waals surface area contributed by atoms with E-state index in [9.17, 15) is 14.7 Å². The third-order valence-electron chi connectivity index (χ3n) is 4.23. The lowest BCUT2D eigenvalue weighted by atomic mass is 9.73. The topological polar surface area (TPSA) is 76.0 Å². The molecule has 0 unspecified atom stereocenters. The molecule has 0 spiro atoms. The Morgan fingerprint density at radius 1 is 1.20 bits per heavy atom. The van der Waals surface area contributed by atoms with E-state index in [2.05, 4.69) is 9.73 Å². The summed E-state index contributed by atoms with van der Waals surface area (Å²) in [6.07, 6.45) is 1.09. The molecule has 1 N–H and O–H groups in total. The van der Waals surface area contributed by atoms with Crippen LogP contribution < -0.4 is 0 Å². The van der Waals surface area contributed by atoms with E-state index in [1.807, 2.05) is 44.2 Å². The van der Waals surface area contributed by atoms with Crippen molar-refractivity contribution in [2.45, 2.75) is 46.1 Å². The number of aliphatic hydroxyl groups excluding tert-OH is 1. The fourth-order valence-corrected chi connectivity index (χ4v) is 2.97. The summed E-state index contributed by atoms with van der Waals surface area (Å²) in [6.45, 7) is 4.49. The number of Topliss-reactive ketones (excluding diaryl/α,β-unsaturated/α-hetero) is 1. The molecule has 0 atom stereocenters. The second-order valence-electron chi connectivity index (χ2n) is 7.09. The number of esters is 1. The molecular formula is C20H25NO4. The number of carbonyl (C=O) groups excluding carboxylic acids is 2. The zero-order valence-corrected chi connectivity index (χ0v) is 15.0. The lowest BCUT2D eigenvalue weighted by molar-refractivity contribution is -0.140. The molecule has 5 heteroatoms. The summed E-state index contributed by atoms with van der Waals surface area (Å²) >= 11 is 0. The average molecular weight is 343 g/mol. The first-order valence-corrected chi connectivity index (χ1v) is 8.42. The predicted octanol–water partition coefficient (Wildman–Crippen LogP) is 3.78. The van der Waals surface area contributed by atoms with Crippen molar-refractivity contribution in [1.82, 2.24) is 0 Å². The van der Waals surface area contributed by atoms with Crippen molar-refractivity contribution < 1.29 is 19.4 Å². The highest BCUT2D eigenvalue weighted by molar-refractivity contribution is 6.24. The Bertz CT molecular complexity index is 702. The number of ketones is 1. The molecule has 1 saturated carbocycles. The molecule has 0 heterocycles. The third kappa shape index (κ3) is 5.28. The van der Waals surface area contributed by atoms with Crippen LogP contribution in [0.15, 0.2) is 46.7 Å². The highest BCUT2D eigenvalue weighted by atomic mass is 16.5. The summed E-state index contributed by atoms with van der Waals surface area (Å²) in [5.74, 6) is -0.610. The van der Waals surface area contributed by atoms with Crippen molar-refractivity contribution in [3.63, 3.8) is 0 Å². The number of hydrogen-bond donors (Lipinski definition) is 1. The maximum Gasteiger partial charge on any atom is 0.305 e. The molecule has 0 aromatic heterocycles. The molecular weight excluding hydrogens is 318 g/mol. The fourth-order valence-electron chi connectivity index (χ4n) is 2.97. The van der Waals surface area contributed by atoms with Crippen molar-refractivity contribution in [3.8, 4) is 0 Å². The number of ether oxygens (including phenoxy) is 1. The highest BCUT2D eigenvalue weighted by Gasteiger charge is 2.36. The molecule has 0 saturated heterocycles. The number of carbonyl (C=O) groups is 2. The summed E-state index contributed by atoms with van der Waals surface area (Å²) in [7, 11) is 1.30. The van der Waals surface area contributed by atoms with E-state index in [0.717, 1.165) is 5.56 Å². The van der Waals surface area contributed by atoms with E-state index in [4.69, 9.17) is 0 Å². The highest BCUT2D eigenvalue weighted by Crippen LogP contribution is 2.36. The monoisotopic (exact) mass is 343 g/mol. The second kappa shape index (κ2) is 8.10. The van der Waals surface area contributed by atoms with Gasteiger partial charge in [-0.1, -0.05) is 44.2 Å². The van der Waals surface area contributed by atoms with E-state index >= 15 is 0 Å². The van der Waals surface area contributed by atoms with Gasteiger partial charge >= 0.3 is 5.97 Å².